The Bertz CT molecular complexity index is 255. The Morgan fingerprint density at radius 1 is 1.73 bits per heavy atom. The van der Waals surface area contributed by atoms with E-state index in [1.807, 2.05) is 6.92 Å². The zero-order valence-electron chi connectivity index (χ0n) is 8.77. The average Bonchev–Trinajstić information content (AvgIpc) is 2.64. The van der Waals surface area contributed by atoms with E-state index in [1.54, 1.807) is 0 Å². The highest BCUT2D eigenvalue weighted by Gasteiger charge is 2.30. The quantitative estimate of drug-likeness (QED) is 0.259. The van der Waals surface area contributed by atoms with Crippen molar-refractivity contribution >= 4 is 11.7 Å². The number of hydrogen-bond acceptors (Lipinski definition) is 4. The van der Waals surface area contributed by atoms with Crippen LogP contribution in [-0.2, 0) is 9.53 Å². The summed E-state index contributed by atoms with van der Waals surface area (Å²) in [4.78, 5) is 11.6. The molecule has 1 aliphatic heterocycles. The van der Waals surface area contributed by atoms with Gasteiger partial charge >= 0.3 is 0 Å². The van der Waals surface area contributed by atoms with Crippen molar-refractivity contribution in [2.24, 2.45) is 16.8 Å². The van der Waals surface area contributed by atoms with Crippen molar-refractivity contribution in [1.29, 1.82) is 0 Å². The zero-order chi connectivity index (χ0) is 11.3. The highest BCUT2D eigenvalue weighted by molar-refractivity contribution is 5.82. The van der Waals surface area contributed by atoms with Gasteiger partial charge in [0, 0.05) is 19.6 Å². The van der Waals surface area contributed by atoms with Gasteiger partial charge in [-0.2, -0.15) is 0 Å². The maximum absolute atomic E-state index is 11.6. The largest absolute Gasteiger partial charge is 0.409 e. The SMILES string of the molecule is CC1OCCC1C(=O)NCCC(N)=NO. The number of nitrogens with two attached hydrogens (primary N) is 1. The number of nitrogens with zero attached hydrogens (tertiary/aromatic N) is 1. The molecule has 6 nitrogen and oxygen atoms in total. The molecule has 4 N–H and O–H groups in total. The van der Waals surface area contributed by atoms with Crippen molar-refractivity contribution in [3.8, 4) is 0 Å². The number of ether oxygens (including phenoxy) is 1. The van der Waals surface area contributed by atoms with Crippen LogP contribution >= 0.6 is 0 Å². The minimum atomic E-state index is -0.0720. The van der Waals surface area contributed by atoms with Crippen LogP contribution in [0.3, 0.4) is 0 Å². The molecule has 1 aliphatic rings. The summed E-state index contributed by atoms with van der Waals surface area (Å²) >= 11 is 0. The molecular formula is C9H17N3O3. The summed E-state index contributed by atoms with van der Waals surface area (Å²) in [6.45, 7) is 2.91. The monoisotopic (exact) mass is 215 g/mol. The van der Waals surface area contributed by atoms with Crippen LogP contribution < -0.4 is 11.1 Å². The van der Waals surface area contributed by atoms with Gasteiger partial charge in [-0.15, -0.1) is 0 Å². The number of nitrogens with one attached hydrogen (secondary N) is 1. The van der Waals surface area contributed by atoms with Gasteiger partial charge in [-0.3, -0.25) is 4.79 Å². The first-order chi connectivity index (χ1) is 7.15. The highest BCUT2D eigenvalue weighted by atomic mass is 16.5. The Labute approximate surface area is 88.5 Å². The molecule has 6 heteroatoms. The number of hydrogen-bond donors (Lipinski definition) is 3. The Balaban J connectivity index is 2.24. The van der Waals surface area contributed by atoms with Crippen LogP contribution in [-0.4, -0.2) is 36.2 Å². The third-order valence-electron chi connectivity index (χ3n) is 2.52. The minimum Gasteiger partial charge on any atom is -0.409 e. The summed E-state index contributed by atoms with van der Waals surface area (Å²) < 4.78 is 5.29. The summed E-state index contributed by atoms with van der Waals surface area (Å²) in [5, 5.41) is 13.8. The van der Waals surface area contributed by atoms with Gasteiger partial charge in [-0.1, -0.05) is 5.16 Å². The topological polar surface area (TPSA) is 96.9 Å². The molecule has 0 aromatic rings. The number of amidine groups is 1. The lowest BCUT2D eigenvalue weighted by Gasteiger charge is -2.13. The predicted octanol–water partition coefficient (Wildman–Crippen LogP) is -0.336. The first kappa shape index (κ1) is 11.8. The molecule has 1 amide bonds. The predicted molar refractivity (Wildman–Crippen MR) is 54.6 cm³/mol. The number of carbonyl (C=O) groups is 1. The summed E-state index contributed by atoms with van der Waals surface area (Å²) in [5.74, 6) is 0.0223. The molecule has 1 fully saturated rings. The number of amides is 1. The zero-order valence-corrected chi connectivity index (χ0v) is 8.77. The van der Waals surface area contributed by atoms with Crippen molar-refractivity contribution in [3.63, 3.8) is 0 Å². The van der Waals surface area contributed by atoms with Crippen molar-refractivity contribution in [1.82, 2.24) is 5.32 Å². The van der Waals surface area contributed by atoms with Crippen molar-refractivity contribution in [3.05, 3.63) is 0 Å². The fraction of sp³-hybridized carbons (Fsp3) is 0.778. The second-order valence-electron chi connectivity index (χ2n) is 3.60. The van der Waals surface area contributed by atoms with Gasteiger partial charge in [0.1, 0.15) is 5.84 Å². The van der Waals surface area contributed by atoms with E-state index in [-0.39, 0.29) is 23.8 Å². The second kappa shape index (κ2) is 5.55. The molecule has 1 saturated heterocycles. The molecule has 1 heterocycles. The summed E-state index contributed by atoms with van der Waals surface area (Å²) in [7, 11) is 0. The molecule has 0 radical (unpaired) electrons. The maximum Gasteiger partial charge on any atom is 0.225 e. The van der Waals surface area contributed by atoms with Crippen LogP contribution in [0.5, 0.6) is 0 Å². The Kier molecular flexibility index (Phi) is 4.36. The van der Waals surface area contributed by atoms with Gasteiger partial charge < -0.3 is 21.0 Å². The number of oxime groups is 1. The Morgan fingerprint density at radius 2 is 2.47 bits per heavy atom. The van der Waals surface area contributed by atoms with E-state index in [0.29, 0.717) is 19.6 Å². The van der Waals surface area contributed by atoms with Crippen LogP contribution in [0.2, 0.25) is 0 Å². The lowest BCUT2D eigenvalue weighted by Crippen LogP contribution is -2.35. The molecule has 1 rings (SSSR count). The minimum absolute atomic E-state index is 0.0196. The third-order valence-corrected chi connectivity index (χ3v) is 2.52. The van der Waals surface area contributed by atoms with E-state index in [4.69, 9.17) is 15.7 Å². The molecule has 2 atom stereocenters. The molecule has 86 valence electrons. The summed E-state index contributed by atoms with van der Waals surface area (Å²) in [6.07, 6.45) is 1.09. The molecule has 2 unspecified atom stereocenters. The Hall–Kier alpha value is -1.30. The van der Waals surface area contributed by atoms with Crippen LogP contribution in [0.4, 0.5) is 0 Å². The van der Waals surface area contributed by atoms with E-state index in [2.05, 4.69) is 10.5 Å². The Morgan fingerprint density at radius 3 is 3.00 bits per heavy atom. The fourth-order valence-electron chi connectivity index (χ4n) is 1.57. The molecule has 0 aromatic heterocycles. The molecule has 0 spiro atoms. The van der Waals surface area contributed by atoms with E-state index in [1.165, 1.54) is 0 Å². The highest BCUT2D eigenvalue weighted by Crippen LogP contribution is 2.20. The van der Waals surface area contributed by atoms with Gasteiger partial charge in [0.25, 0.3) is 0 Å². The van der Waals surface area contributed by atoms with Crippen molar-refractivity contribution in [2.45, 2.75) is 25.9 Å². The normalized spacial score (nSPS) is 26.6. The van der Waals surface area contributed by atoms with Crippen LogP contribution in [0, 0.1) is 5.92 Å². The molecule has 0 saturated carbocycles. The van der Waals surface area contributed by atoms with E-state index >= 15 is 0 Å². The maximum atomic E-state index is 11.6. The van der Waals surface area contributed by atoms with E-state index < -0.39 is 0 Å². The average molecular weight is 215 g/mol. The molecule has 0 bridgehead atoms. The van der Waals surface area contributed by atoms with Gasteiger partial charge in [0.2, 0.25) is 5.91 Å². The standard InChI is InChI=1S/C9H17N3O3/c1-6-7(3-5-15-6)9(13)11-4-2-8(10)12-14/h6-7,14H,2-5H2,1H3,(H2,10,12)(H,11,13). The molecule has 0 aliphatic carbocycles. The fourth-order valence-corrected chi connectivity index (χ4v) is 1.57. The second-order valence-corrected chi connectivity index (χ2v) is 3.60. The lowest BCUT2D eigenvalue weighted by atomic mass is 10.0. The number of carbonyl (C=O) groups excluding carboxylic acids is 1. The van der Waals surface area contributed by atoms with Crippen molar-refractivity contribution < 1.29 is 14.7 Å². The summed E-state index contributed by atoms with van der Waals surface area (Å²) in [6, 6.07) is 0. The first-order valence-electron chi connectivity index (χ1n) is 5.01. The molecular weight excluding hydrogens is 198 g/mol. The van der Waals surface area contributed by atoms with E-state index in [9.17, 15) is 4.79 Å². The first-order valence-corrected chi connectivity index (χ1v) is 5.01. The van der Waals surface area contributed by atoms with Crippen LogP contribution in [0.1, 0.15) is 19.8 Å². The third kappa shape index (κ3) is 3.39. The smallest absolute Gasteiger partial charge is 0.225 e. The van der Waals surface area contributed by atoms with Crippen LogP contribution in [0.25, 0.3) is 0 Å². The molecule has 0 aromatic carbocycles. The van der Waals surface area contributed by atoms with Gasteiger partial charge in [-0.25, -0.2) is 0 Å². The summed E-state index contributed by atoms with van der Waals surface area (Å²) in [5.41, 5.74) is 5.26. The van der Waals surface area contributed by atoms with Crippen LogP contribution in [0.15, 0.2) is 5.16 Å². The number of rotatable bonds is 4. The molecule has 15 heavy (non-hydrogen) atoms. The lowest BCUT2D eigenvalue weighted by molar-refractivity contribution is -0.126. The van der Waals surface area contributed by atoms with E-state index in [0.717, 1.165) is 6.42 Å². The van der Waals surface area contributed by atoms with Crippen molar-refractivity contribution in [2.75, 3.05) is 13.2 Å². The van der Waals surface area contributed by atoms with Gasteiger partial charge in [0.05, 0.1) is 12.0 Å². The van der Waals surface area contributed by atoms with Gasteiger partial charge in [-0.05, 0) is 13.3 Å². The van der Waals surface area contributed by atoms with Gasteiger partial charge in [0.15, 0.2) is 0 Å².